The number of hydrogen-bond donors (Lipinski definition) is 1. The van der Waals surface area contributed by atoms with Crippen LogP contribution in [-0.4, -0.2) is 63.1 Å². The van der Waals surface area contributed by atoms with E-state index in [1.807, 2.05) is 0 Å². The van der Waals surface area contributed by atoms with E-state index in [1.165, 1.54) is 0 Å². The zero-order valence-electron chi connectivity index (χ0n) is 13.4. The Labute approximate surface area is 133 Å². The van der Waals surface area contributed by atoms with Crippen LogP contribution in [0.2, 0.25) is 0 Å². The molecule has 6 nitrogen and oxygen atoms in total. The Balaban J connectivity index is 2.04. The predicted octanol–water partition coefficient (Wildman–Crippen LogP) is 0.556. The highest BCUT2D eigenvalue weighted by molar-refractivity contribution is 7.91. The van der Waals surface area contributed by atoms with Crippen LogP contribution in [0.15, 0.2) is 0 Å². The van der Waals surface area contributed by atoms with Crippen LogP contribution < -0.4 is 5.73 Å². The number of nitrogens with zero attached hydrogens (tertiary/aromatic N) is 1. The van der Waals surface area contributed by atoms with E-state index in [2.05, 4.69) is 0 Å². The molecule has 1 saturated heterocycles. The third kappa shape index (κ3) is 4.67. The van der Waals surface area contributed by atoms with Gasteiger partial charge in [-0.25, -0.2) is 8.42 Å². The number of nitrogens with two attached hydrogens (primary N) is 1. The van der Waals surface area contributed by atoms with E-state index in [0.717, 1.165) is 32.1 Å². The first-order valence-corrected chi connectivity index (χ1v) is 10.0. The van der Waals surface area contributed by atoms with Gasteiger partial charge in [0.2, 0.25) is 5.91 Å². The Morgan fingerprint density at radius 2 is 2.09 bits per heavy atom. The van der Waals surface area contributed by atoms with Crippen molar-refractivity contribution < 1.29 is 17.9 Å². The second-order valence-corrected chi connectivity index (χ2v) is 8.79. The van der Waals surface area contributed by atoms with Crippen LogP contribution >= 0.6 is 0 Å². The summed E-state index contributed by atoms with van der Waals surface area (Å²) < 4.78 is 28.5. The van der Waals surface area contributed by atoms with Crippen molar-refractivity contribution in [3.63, 3.8) is 0 Å². The van der Waals surface area contributed by atoms with Crippen molar-refractivity contribution in [2.45, 2.75) is 50.6 Å². The molecule has 22 heavy (non-hydrogen) atoms. The van der Waals surface area contributed by atoms with E-state index >= 15 is 0 Å². The van der Waals surface area contributed by atoms with Gasteiger partial charge in [0.05, 0.1) is 11.5 Å². The molecule has 0 aromatic heterocycles. The summed E-state index contributed by atoms with van der Waals surface area (Å²) in [5.74, 6) is 0.336. The molecule has 3 unspecified atom stereocenters. The highest BCUT2D eigenvalue weighted by Crippen LogP contribution is 2.28. The molecule has 2 fully saturated rings. The summed E-state index contributed by atoms with van der Waals surface area (Å²) in [4.78, 5) is 14.7. The van der Waals surface area contributed by atoms with Gasteiger partial charge in [-0.2, -0.15) is 0 Å². The molecule has 1 aliphatic heterocycles. The molecule has 0 aromatic carbocycles. The Morgan fingerprint density at radius 3 is 2.68 bits per heavy atom. The van der Waals surface area contributed by atoms with Gasteiger partial charge >= 0.3 is 0 Å². The monoisotopic (exact) mass is 332 g/mol. The number of rotatable bonds is 6. The molecule has 1 amide bonds. The SMILES string of the molecule is COCCCN(C(=O)C1CCCC(N)C1)C1CCS(=O)(=O)C1. The van der Waals surface area contributed by atoms with E-state index in [4.69, 9.17) is 10.5 Å². The van der Waals surface area contributed by atoms with Crippen LogP contribution in [0, 0.1) is 5.92 Å². The van der Waals surface area contributed by atoms with Crippen molar-refractivity contribution in [3.8, 4) is 0 Å². The molecule has 0 aromatic rings. The summed E-state index contributed by atoms with van der Waals surface area (Å²) in [6.45, 7) is 1.14. The second-order valence-electron chi connectivity index (χ2n) is 6.56. The smallest absolute Gasteiger partial charge is 0.226 e. The molecule has 7 heteroatoms. The minimum absolute atomic E-state index is 0.0467. The zero-order chi connectivity index (χ0) is 16.2. The second kappa shape index (κ2) is 7.75. The van der Waals surface area contributed by atoms with Crippen LogP contribution in [-0.2, 0) is 19.4 Å². The lowest BCUT2D eigenvalue weighted by atomic mass is 9.85. The number of carbonyl (C=O) groups excluding carboxylic acids is 1. The molecule has 128 valence electrons. The maximum Gasteiger partial charge on any atom is 0.226 e. The zero-order valence-corrected chi connectivity index (χ0v) is 14.2. The van der Waals surface area contributed by atoms with Gasteiger partial charge in [0.1, 0.15) is 0 Å². The number of sulfone groups is 1. The van der Waals surface area contributed by atoms with Crippen LogP contribution in [0.1, 0.15) is 38.5 Å². The maximum absolute atomic E-state index is 12.9. The van der Waals surface area contributed by atoms with Crippen LogP contribution in [0.5, 0.6) is 0 Å². The largest absolute Gasteiger partial charge is 0.385 e. The summed E-state index contributed by atoms with van der Waals surface area (Å²) in [7, 11) is -1.36. The Hall–Kier alpha value is -0.660. The molecule has 0 spiro atoms. The number of hydrogen-bond acceptors (Lipinski definition) is 5. The summed E-state index contributed by atoms with van der Waals surface area (Å²) in [5, 5.41) is 0. The van der Waals surface area contributed by atoms with Gasteiger partial charge in [0.15, 0.2) is 9.84 Å². The maximum atomic E-state index is 12.9. The Kier molecular flexibility index (Phi) is 6.23. The van der Waals surface area contributed by atoms with Gasteiger partial charge in [-0.3, -0.25) is 4.79 Å². The quantitative estimate of drug-likeness (QED) is 0.718. The van der Waals surface area contributed by atoms with Crippen molar-refractivity contribution in [2.24, 2.45) is 11.7 Å². The van der Waals surface area contributed by atoms with E-state index in [-0.39, 0.29) is 35.4 Å². The summed E-state index contributed by atoms with van der Waals surface area (Å²) in [6.07, 6.45) is 4.83. The molecule has 1 aliphatic carbocycles. The first kappa shape index (κ1) is 17.7. The highest BCUT2D eigenvalue weighted by atomic mass is 32.2. The average molecular weight is 332 g/mol. The molecule has 1 heterocycles. The molecular formula is C15H28N2O4S. The normalized spacial score (nSPS) is 31.1. The van der Waals surface area contributed by atoms with Crippen molar-refractivity contribution in [1.29, 1.82) is 0 Å². The third-order valence-electron chi connectivity index (χ3n) is 4.74. The number of amides is 1. The molecule has 2 N–H and O–H groups in total. The fourth-order valence-corrected chi connectivity index (χ4v) is 5.29. The highest BCUT2D eigenvalue weighted by Gasteiger charge is 2.37. The van der Waals surface area contributed by atoms with Crippen LogP contribution in [0.4, 0.5) is 0 Å². The van der Waals surface area contributed by atoms with E-state index < -0.39 is 9.84 Å². The van der Waals surface area contributed by atoms with Gasteiger partial charge in [0, 0.05) is 38.3 Å². The van der Waals surface area contributed by atoms with E-state index in [1.54, 1.807) is 12.0 Å². The summed E-state index contributed by atoms with van der Waals surface area (Å²) in [5.41, 5.74) is 5.99. The fourth-order valence-electron chi connectivity index (χ4n) is 3.56. The molecule has 2 rings (SSSR count). The average Bonchev–Trinajstić information content (AvgIpc) is 2.83. The Bertz CT molecular complexity index is 480. The van der Waals surface area contributed by atoms with Crippen molar-refractivity contribution in [1.82, 2.24) is 4.90 Å². The molecule has 0 radical (unpaired) electrons. The van der Waals surface area contributed by atoms with Crippen molar-refractivity contribution in [3.05, 3.63) is 0 Å². The summed E-state index contributed by atoms with van der Waals surface area (Å²) in [6, 6.07) is -0.0802. The molecule has 3 atom stereocenters. The van der Waals surface area contributed by atoms with E-state index in [9.17, 15) is 13.2 Å². The molecular weight excluding hydrogens is 304 g/mol. The number of ether oxygens (including phenoxy) is 1. The molecule has 1 saturated carbocycles. The predicted molar refractivity (Wildman–Crippen MR) is 85.2 cm³/mol. The fraction of sp³-hybridized carbons (Fsp3) is 0.933. The topological polar surface area (TPSA) is 89.7 Å². The van der Waals surface area contributed by atoms with Crippen molar-refractivity contribution in [2.75, 3.05) is 31.8 Å². The lowest BCUT2D eigenvalue weighted by Crippen LogP contribution is -2.47. The first-order valence-electron chi connectivity index (χ1n) is 8.18. The molecule has 0 bridgehead atoms. The van der Waals surface area contributed by atoms with Gasteiger partial charge < -0.3 is 15.4 Å². The van der Waals surface area contributed by atoms with E-state index in [0.29, 0.717) is 19.6 Å². The van der Waals surface area contributed by atoms with Crippen molar-refractivity contribution >= 4 is 15.7 Å². The lowest BCUT2D eigenvalue weighted by molar-refractivity contribution is -0.138. The number of carbonyl (C=O) groups is 1. The molecule has 2 aliphatic rings. The van der Waals surface area contributed by atoms with Gasteiger partial charge in [-0.05, 0) is 32.1 Å². The van der Waals surface area contributed by atoms with Crippen LogP contribution in [0.3, 0.4) is 0 Å². The minimum atomic E-state index is -3.00. The first-order chi connectivity index (χ1) is 10.4. The van der Waals surface area contributed by atoms with Gasteiger partial charge in [-0.15, -0.1) is 0 Å². The van der Waals surface area contributed by atoms with Gasteiger partial charge in [-0.1, -0.05) is 6.42 Å². The third-order valence-corrected chi connectivity index (χ3v) is 6.49. The Morgan fingerprint density at radius 1 is 1.32 bits per heavy atom. The standard InChI is InChI=1S/C15H28N2O4S/c1-21-8-3-7-17(14-6-9-22(19,20)11-14)15(18)12-4-2-5-13(16)10-12/h12-14H,2-11,16H2,1H3. The van der Waals surface area contributed by atoms with Gasteiger partial charge in [0.25, 0.3) is 0 Å². The minimum Gasteiger partial charge on any atom is -0.385 e. The lowest BCUT2D eigenvalue weighted by Gasteiger charge is -2.34. The van der Waals surface area contributed by atoms with Crippen LogP contribution in [0.25, 0.3) is 0 Å². The number of methoxy groups -OCH3 is 1. The summed E-state index contributed by atoms with van der Waals surface area (Å²) >= 11 is 0.